The van der Waals surface area contributed by atoms with Gasteiger partial charge in [0.15, 0.2) is 0 Å². The molecular weight excluding hydrogens is 276 g/mol. The van der Waals surface area contributed by atoms with E-state index >= 15 is 0 Å². The summed E-state index contributed by atoms with van der Waals surface area (Å²) in [6, 6.07) is 8.49. The van der Waals surface area contributed by atoms with Crippen molar-refractivity contribution in [1.29, 1.82) is 0 Å². The molecule has 1 aromatic carbocycles. The van der Waals surface area contributed by atoms with Crippen LogP contribution in [0.2, 0.25) is 0 Å². The maximum atomic E-state index is 12.5. The number of hydrogen-bond donors (Lipinski definition) is 2. The van der Waals surface area contributed by atoms with Crippen LogP contribution in [0.1, 0.15) is 55.7 Å². The van der Waals surface area contributed by atoms with E-state index in [2.05, 4.69) is 30.4 Å². The van der Waals surface area contributed by atoms with Crippen molar-refractivity contribution in [2.24, 2.45) is 5.41 Å². The lowest BCUT2D eigenvalue weighted by molar-refractivity contribution is 0.159. The molecule has 2 amide bonds. The number of carbonyl (C=O) groups excluding carboxylic acids is 1. The molecule has 0 bridgehead atoms. The number of rotatable bonds is 4. The predicted octanol–water partition coefficient (Wildman–Crippen LogP) is 3.04. The van der Waals surface area contributed by atoms with Crippen molar-refractivity contribution in [2.45, 2.75) is 44.6 Å². The second-order valence-corrected chi connectivity index (χ2v) is 7.12. The van der Waals surface area contributed by atoms with Gasteiger partial charge in [-0.1, -0.05) is 31.2 Å². The van der Waals surface area contributed by atoms with Gasteiger partial charge in [-0.05, 0) is 42.7 Å². The fraction of sp³-hybridized carbons (Fsp3) is 0.611. The topological polar surface area (TPSA) is 52.6 Å². The van der Waals surface area contributed by atoms with E-state index in [4.69, 9.17) is 0 Å². The van der Waals surface area contributed by atoms with Crippen molar-refractivity contribution in [1.82, 2.24) is 10.2 Å². The molecule has 2 aliphatic rings. The number of carbonyl (C=O) groups is 1. The summed E-state index contributed by atoms with van der Waals surface area (Å²) in [4.78, 5) is 14.2. The summed E-state index contributed by atoms with van der Waals surface area (Å²) < 4.78 is 0. The molecule has 2 N–H and O–H groups in total. The molecule has 0 heterocycles. The lowest BCUT2D eigenvalue weighted by atomic mass is 9.81. The van der Waals surface area contributed by atoms with E-state index in [9.17, 15) is 9.90 Å². The van der Waals surface area contributed by atoms with Gasteiger partial charge in [-0.2, -0.15) is 0 Å². The first-order valence-electron chi connectivity index (χ1n) is 8.26. The van der Waals surface area contributed by atoms with Crippen LogP contribution in [-0.2, 0) is 0 Å². The Morgan fingerprint density at radius 3 is 2.64 bits per heavy atom. The van der Waals surface area contributed by atoms with Crippen LogP contribution < -0.4 is 5.32 Å². The number of nitrogens with zero attached hydrogens (tertiary/aromatic N) is 1. The molecule has 1 aromatic rings. The average molecular weight is 302 g/mol. The molecule has 0 spiro atoms. The standard InChI is InChI=1S/C18H26N2O2/c1-13-7-8-16(15-6-4-3-5-14(13)15)19-17(22)20(2)11-18(12-21)9-10-18/h3-6,13,16,21H,7-12H2,1-2H3,(H,19,22)/t13-,16+/m0/s1. The van der Waals surface area contributed by atoms with Crippen LogP contribution in [0.3, 0.4) is 0 Å². The zero-order chi connectivity index (χ0) is 15.7. The molecule has 3 rings (SSSR count). The molecule has 1 saturated carbocycles. The smallest absolute Gasteiger partial charge is 0.317 e. The third-order valence-corrected chi connectivity index (χ3v) is 5.30. The minimum Gasteiger partial charge on any atom is -0.396 e. The van der Waals surface area contributed by atoms with Gasteiger partial charge in [0, 0.05) is 19.0 Å². The fourth-order valence-corrected chi connectivity index (χ4v) is 3.53. The maximum absolute atomic E-state index is 12.5. The summed E-state index contributed by atoms with van der Waals surface area (Å²) in [6.07, 6.45) is 4.13. The normalized spacial score (nSPS) is 25.2. The van der Waals surface area contributed by atoms with E-state index in [1.807, 2.05) is 13.1 Å². The molecule has 2 aliphatic carbocycles. The number of benzene rings is 1. The Balaban J connectivity index is 1.66. The van der Waals surface area contributed by atoms with E-state index < -0.39 is 0 Å². The van der Waals surface area contributed by atoms with Crippen LogP contribution >= 0.6 is 0 Å². The molecule has 22 heavy (non-hydrogen) atoms. The third-order valence-electron chi connectivity index (χ3n) is 5.30. The van der Waals surface area contributed by atoms with Crippen molar-refractivity contribution in [3.05, 3.63) is 35.4 Å². The number of aliphatic hydroxyl groups is 1. The monoisotopic (exact) mass is 302 g/mol. The highest BCUT2D eigenvalue weighted by Gasteiger charge is 2.43. The van der Waals surface area contributed by atoms with Gasteiger partial charge in [-0.25, -0.2) is 4.79 Å². The molecule has 0 unspecified atom stereocenters. The number of aliphatic hydroxyl groups excluding tert-OH is 1. The van der Waals surface area contributed by atoms with Crippen molar-refractivity contribution < 1.29 is 9.90 Å². The Hall–Kier alpha value is -1.55. The highest BCUT2D eigenvalue weighted by atomic mass is 16.3. The summed E-state index contributed by atoms with van der Waals surface area (Å²) in [5.41, 5.74) is 2.58. The quantitative estimate of drug-likeness (QED) is 0.898. The summed E-state index contributed by atoms with van der Waals surface area (Å²) in [5.74, 6) is 0.561. The Morgan fingerprint density at radius 1 is 1.32 bits per heavy atom. The van der Waals surface area contributed by atoms with Crippen LogP contribution in [0.4, 0.5) is 4.79 Å². The van der Waals surface area contributed by atoms with E-state index in [1.165, 1.54) is 11.1 Å². The highest BCUT2D eigenvalue weighted by molar-refractivity contribution is 5.74. The van der Waals surface area contributed by atoms with Crippen LogP contribution in [0.5, 0.6) is 0 Å². The average Bonchev–Trinajstić information content (AvgIpc) is 3.30. The number of urea groups is 1. The van der Waals surface area contributed by atoms with Gasteiger partial charge < -0.3 is 15.3 Å². The Bertz CT molecular complexity index is 554. The molecule has 4 nitrogen and oxygen atoms in total. The molecule has 0 radical (unpaired) electrons. The van der Waals surface area contributed by atoms with Gasteiger partial charge in [0.25, 0.3) is 0 Å². The Kier molecular flexibility index (Phi) is 4.13. The summed E-state index contributed by atoms with van der Waals surface area (Å²) in [6.45, 7) is 3.07. The van der Waals surface area contributed by atoms with Crippen molar-refractivity contribution >= 4 is 6.03 Å². The van der Waals surface area contributed by atoms with Crippen molar-refractivity contribution in [3.63, 3.8) is 0 Å². The second-order valence-electron chi connectivity index (χ2n) is 7.12. The summed E-state index contributed by atoms with van der Waals surface area (Å²) >= 11 is 0. The van der Waals surface area contributed by atoms with Crippen molar-refractivity contribution in [3.8, 4) is 0 Å². The Labute approximate surface area is 132 Å². The summed E-state index contributed by atoms with van der Waals surface area (Å²) in [5, 5.41) is 12.6. The van der Waals surface area contributed by atoms with Crippen molar-refractivity contribution in [2.75, 3.05) is 20.2 Å². The minimum absolute atomic E-state index is 0.0333. The Morgan fingerprint density at radius 2 is 2.00 bits per heavy atom. The predicted molar refractivity (Wildman–Crippen MR) is 86.7 cm³/mol. The molecule has 0 saturated heterocycles. The van der Waals surface area contributed by atoms with E-state index in [-0.39, 0.29) is 24.1 Å². The molecular formula is C18H26N2O2. The third kappa shape index (κ3) is 2.98. The van der Waals surface area contributed by atoms with Crippen LogP contribution in [0, 0.1) is 5.41 Å². The zero-order valence-electron chi connectivity index (χ0n) is 13.5. The number of hydrogen-bond acceptors (Lipinski definition) is 2. The first kappa shape index (κ1) is 15.3. The second kappa shape index (κ2) is 5.92. The number of amides is 2. The molecule has 0 aliphatic heterocycles. The van der Waals surface area contributed by atoms with Crippen LogP contribution in [-0.4, -0.2) is 36.2 Å². The highest BCUT2D eigenvalue weighted by Crippen LogP contribution is 2.45. The van der Waals surface area contributed by atoms with Crippen LogP contribution in [0.15, 0.2) is 24.3 Å². The molecule has 0 aromatic heterocycles. The fourth-order valence-electron chi connectivity index (χ4n) is 3.53. The van der Waals surface area contributed by atoms with Crippen LogP contribution in [0.25, 0.3) is 0 Å². The zero-order valence-corrected chi connectivity index (χ0v) is 13.5. The lowest BCUT2D eigenvalue weighted by Crippen LogP contribution is -2.43. The lowest BCUT2D eigenvalue weighted by Gasteiger charge is -2.32. The number of fused-ring (bicyclic) bond motifs is 1. The first-order chi connectivity index (χ1) is 10.5. The summed E-state index contributed by atoms with van der Waals surface area (Å²) in [7, 11) is 1.82. The van der Waals surface area contributed by atoms with Gasteiger partial charge in [0.2, 0.25) is 0 Å². The first-order valence-corrected chi connectivity index (χ1v) is 8.26. The molecule has 1 fully saturated rings. The van der Waals surface area contributed by atoms with Gasteiger partial charge in [-0.3, -0.25) is 0 Å². The minimum atomic E-state index is -0.0366. The molecule has 120 valence electrons. The molecule has 4 heteroatoms. The van der Waals surface area contributed by atoms with Gasteiger partial charge in [-0.15, -0.1) is 0 Å². The van der Waals surface area contributed by atoms with Gasteiger partial charge in [0.05, 0.1) is 12.6 Å². The van der Waals surface area contributed by atoms with E-state index in [0.717, 1.165) is 25.7 Å². The van der Waals surface area contributed by atoms with E-state index in [0.29, 0.717) is 12.5 Å². The molecule has 2 atom stereocenters. The van der Waals surface area contributed by atoms with Gasteiger partial charge >= 0.3 is 6.03 Å². The van der Waals surface area contributed by atoms with Gasteiger partial charge in [0.1, 0.15) is 0 Å². The largest absolute Gasteiger partial charge is 0.396 e. The number of nitrogens with one attached hydrogen (secondary N) is 1. The SMILES string of the molecule is C[C@H]1CC[C@@H](NC(=O)N(C)CC2(CO)CC2)c2ccccc21. The maximum Gasteiger partial charge on any atom is 0.317 e. The van der Waals surface area contributed by atoms with E-state index in [1.54, 1.807) is 4.90 Å².